The molecule has 110 valence electrons. The molecule has 0 saturated carbocycles. The second kappa shape index (κ2) is 5.28. The van der Waals surface area contributed by atoms with E-state index in [1.807, 2.05) is 0 Å². The summed E-state index contributed by atoms with van der Waals surface area (Å²) in [7, 11) is 0. The molecule has 3 N–H and O–H groups in total. The number of halogens is 3. The number of alkyl halides is 3. The predicted octanol–water partition coefficient (Wildman–Crippen LogP) is 0.917. The lowest BCUT2D eigenvalue weighted by Crippen LogP contribution is -2.44. The van der Waals surface area contributed by atoms with Gasteiger partial charge < -0.3 is 16.0 Å². The molecule has 0 bridgehead atoms. The van der Waals surface area contributed by atoms with Gasteiger partial charge >= 0.3 is 6.18 Å². The van der Waals surface area contributed by atoms with Gasteiger partial charge in [0.1, 0.15) is 5.82 Å². The predicted molar refractivity (Wildman–Crippen MR) is 67.6 cm³/mol. The molecule has 2 heterocycles. The molecule has 1 aliphatic rings. The van der Waals surface area contributed by atoms with Crippen molar-refractivity contribution in [2.75, 3.05) is 31.1 Å². The maximum Gasteiger partial charge on any atom is 0.418 e. The number of piperazine rings is 1. The standard InChI is InChI=1S/C12H15F3N4O/c1-7-9(12(13,14)15)6-8(10(16)20)11(18-7)19-4-2-17-3-5-19/h6,17H,2-5H2,1H3,(H2,16,20). The van der Waals surface area contributed by atoms with E-state index >= 15 is 0 Å². The lowest BCUT2D eigenvalue weighted by Gasteiger charge is -2.30. The van der Waals surface area contributed by atoms with Crippen LogP contribution in [-0.4, -0.2) is 37.1 Å². The van der Waals surface area contributed by atoms with Crippen LogP contribution < -0.4 is 16.0 Å². The molecule has 20 heavy (non-hydrogen) atoms. The smallest absolute Gasteiger partial charge is 0.365 e. The molecule has 2 rings (SSSR count). The Kier molecular flexibility index (Phi) is 3.85. The summed E-state index contributed by atoms with van der Waals surface area (Å²) in [5, 5.41) is 3.12. The van der Waals surface area contributed by atoms with E-state index < -0.39 is 17.6 Å². The van der Waals surface area contributed by atoms with E-state index in [4.69, 9.17) is 5.73 Å². The molecule has 0 unspecified atom stereocenters. The van der Waals surface area contributed by atoms with Gasteiger partial charge in [0.05, 0.1) is 16.8 Å². The summed E-state index contributed by atoms with van der Waals surface area (Å²) in [6.07, 6.45) is -4.55. The summed E-state index contributed by atoms with van der Waals surface area (Å²) in [5.41, 5.74) is 3.92. The van der Waals surface area contributed by atoms with Crippen LogP contribution in [-0.2, 0) is 6.18 Å². The molecule has 0 spiro atoms. The second-order valence-electron chi connectivity index (χ2n) is 4.59. The van der Waals surface area contributed by atoms with Crippen LogP contribution in [0.4, 0.5) is 19.0 Å². The van der Waals surface area contributed by atoms with Gasteiger partial charge in [-0.15, -0.1) is 0 Å². The Morgan fingerprint density at radius 3 is 2.50 bits per heavy atom. The third-order valence-electron chi connectivity index (χ3n) is 3.18. The summed E-state index contributed by atoms with van der Waals surface area (Å²) < 4.78 is 38.6. The molecule has 0 aromatic carbocycles. The van der Waals surface area contributed by atoms with Gasteiger partial charge in [-0.3, -0.25) is 4.79 Å². The lowest BCUT2D eigenvalue weighted by atomic mass is 10.1. The average Bonchev–Trinajstić information content (AvgIpc) is 2.37. The topological polar surface area (TPSA) is 71.2 Å². The lowest BCUT2D eigenvalue weighted by molar-refractivity contribution is -0.138. The first-order chi connectivity index (χ1) is 9.30. The van der Waals surface area contributed by atoms with Crippen LogP contribution in [0.1, 0.15) is 21.6 Å². The molecule has 0 aliphatic carbocycles. The maximum absolute atomic E-state index is 12.9. The van der Waals surface area contributed by atoms with Crippen molar-refractivity contribution < 1.29 is 18.0 Å². The Morgan fingerprint density at radius 1 is 1.40 bits per heavy atom. The van der Waals surface area contributed by atoms with E-state index in [9.17, 15) is 18.0 Å². The van der Waals surface area contributed by atoms with Crippen molar-refractivity contribution in [3.05, 3.63) is 22.9 Å². The van der Waals surface area contributed by atoms with Crippen molar-refractivity contribution >= 4 is 11.7 Å². The first-order valence-electron chi connectivity index (χ1n) is 6.15. The van der Waals surface area contributed by atoms with Gasteiger partial charge in [-0.25, -0.2) is 4.98 Å². The number of carbonyl (C=O) groups excluding carboxylic acids is 1. The zero-order valence-corrected chi connectivity index (χ0v) is 10.9. The van der Waals surface area contributed by atoms with Crippen molar-refractivity contribution in [1.29, 1.82) is 0 Å². The fourth-order valence-corrected chi connectivity index (χ4v) is 2.18. The van der Waals surface area contributed by atoms with Crippen molar-refractivity contribution in [2.24, 2.45) is 5.73 Å². The molecular formula is C12H15F3N4O. The van der Waals surface area contributed by atoms with Crippen LogP contribution in [0.3, 0.4) is 0 Å². The quantitative estimate of drug-likeness (QED) is 0.849. The van der Waals surface area contributed by atoms with Crippen molar-refractivity contribution in [3.63, 3.8) is 0 Å². The van der Waals surface area contributed by atoms with Crippen molar-refractivity contribution in [3.8, 4) is 0 Å². The molecule has 8 heteroatoms. The SMILES string of the molecule is Cc1nc(N2CCNCC2)c(C(N)=O)cc1C(F)(F)F. The molecule has 1 fully saturated rings. The highest BCUT2D eigenvalue weighted by atomic mass is 19.4. The number of amides is 1. The number of aromatic nitrogens is 1. The van der Waals surface area contributed by atoms with E-state index in [0.29, 0.717) is 26.2 Å². The second-order valence-corrected chi connectivity index (χ2v) is 4.59. The number of hydrogen-bond acceptors (Lipinski definition) is 4. The Labute approximate surface area is 114 Å². The van der Waals surface area contributed by atoms with E-state index in [2.05, 4.69) is 10.3 Å². The molecule has 5 nitrogen and oxygen atoms in total. The van der Waals surface area contributed by atoms with Crippen LogP contribution in [0.25, 0.3) is 0 Å². The van der Waals surface area contributed by atoms with E-state index in [1.165, 1.54) is 6.92 Å². The molecule has 0 atom stereocenters. The number of carbonyl (C=O) groups is 1. The minimum atomic E-state index is -4.55. The Balaban J connectivity index is 2.51. The van der Waals surface area contributed by atoms with Gasteiger partial charge in [-0.2, -0.15) is 13.2 Å². The van der Waals surface area contributed by atoms with E-state index in [1.54, 1.807) is 4.90 Å². The fourth-order valence-electron chi connectivity index (χ4n) is 2.18. The summed E-state index contributed by atoms with van der Waals surface area (Å²) >= 11 is 0. The number of rotatable bonds is 2. The Morgan fingerprint density at radius 2 is 2.00 bits per heavy atom. The minimum absolute atomic E-state index is 0.156. The summed E-state index contributed by atoms with van der Waals surface area (Å²) in [5.74, 6) is -0.680. The highest BCUT2D eigenvalue weighted by molar-refractivity contribution is 5.98. The number of primary amides is 1. The number of pyridine rings is 1. The van der Waals surface area contributed by atoms with Crippen LogP contribution >= 0.6 is 0 Å². The highest BCUT2D eigenvalue weighted by Gasteiger charge is 2.35. The molecule has 1 amide bonds. The largest absolute Gasteiger partial charge is 0.418 e. The van der Waals surface area contributed by atoms with Gasteiger partial charge in [0, 0.05) is 26.2 Å². The molecule has 1 saturated heterocycles. The van der Waals surface area contributed by atoms with Crippen LogP contribution in [0.15, 0.2) is 6.07 Å². The minimum Gasteiger partial charge on any atom is -0.365 e. The van der Waals surface area contributed by atoms with Gasteiger partial charge in [0.2, 0.25) is 0 Å². The van der Waals surface area contributed by atoms with Gasteiger partial charge in [0.25, 0.3) is 5.91 Å². The molecular weight excluding hydrogens is 273 g/mol. The average molecular weight is 288 g/mol. The van der Waals surface area contributed by atoms with Gasteiger partial charge in [-0.1, -0.05) is 0 Å². The number of aryl methyl sites for hydroxylation is 1. The van der Waals surface area contributed by atoms with Crippen molar-refractivity contribution in [1.82, 2.24) is 10.3 Å². The number of hydrogen-bond donors (Lipinski definition) is 2. The third kappa shape index (κ3) is 2.84. The number of nitrogens with zero attached hydrogens (tertiary/aromatic N) is 2. The number of anilines is 1. The zero-order chi connectivity index (χ0) is 14.9. The Bertz CT molecular complexity index is 524. The molecule has 1 aromatic rings. The third-order valence-corrected chi connectivity index (χ3v) is 3.18. The highest BCUT2D eigenvalue weighted by Crippen LogP contribution is 2.34. The first-order valence-corrected chi connectivity index (χ1v) is 6.15. The van der Waals surface area contributed by atoms with Crippen LogP contribution in [0.2, 0.25) is 0 Å². The van der Waals surface area contributed by atoms with Gasteiger partial charge in [0.15, 0.2) is 0 Å². The molecule has 1 aromatic heterocycles. The number of nitrogens with one attached hydrogen (secondary N) is 1. The van der Waals surface area contributed by atoms with Gasteiger partial charge in [-0.05, 0) is 13.0 Å². The van der Waals surface area contributed by atoms with Crippen LogP contribution in [0, 0.1) is 6.92 Å². The van der Waals surface area contributed by atoms with Crippen LogP contribution in [0.5, 0.6) is 0 Å². The summed E-state index contributed by atoms with van der Waals surface area (Å²) in [6.45, 7) is 3.77. The fraction of sp³-hybridized carbons (Fsp3) is 0.500. The summed E-state index contributed by atoms with van der Waals surface area (Å²) in [6, 6.07) is 0.794. The number of nitrogens with two attached hydrogens (primary N) is 1. The normalized spacial score (nSPS) is 16.3. The monoisotopic (exact) mass is 288 g/mol. The molecule has 1 aliphatic heterocycles. The molecule has 0 radical (unpaired) electrons. The van der Waals surface area contributed by atoms with Crippen molar-refractivity contribution in [2.45, 2.75) is 13.1 Å². The maximum atomic E-state index is 12.9. The summed E-state index contributed by atoms with van der Waals surface area (Å²) in [4.78, 5) is 17.2. The Hall–Kier alpha value is -1.83. The van der Waals surface area contributed by atoms with E-state index in [0.717, 1.165) is 6.07 Å². The van der Waals surface area contributed by atoms with E-state index in [-0.39, 0.29) is 17.1 Å². The first kappa shape index (κ1) is 14.6. The zero-order valence-electron chi connectivity index (χ0n) is 10.9.